The molecule has 10 rings (SSSR count). The van der Waals surface area contributed by atoms with E-state index >= 15 is 0 Å². The summed E-state index contributed by atoms with van der Waals surface area (Å²) in [5.41, 5.74) is 15.3. The van der Waals surface area contributed by atoms with Crippen LogP contribution in [0.4, 0.5) is 17.1 Å². The van der Waals surface area contributed by atoms with Gasteiger partial charge in [0, 0.05) is 23.0 Å². The molecule has 1 atom stereocenters. The van der Waals surface area contributed by atoms with Crippen molar-refractivity contribution in [2.24, 2.45) is 0 Å². The molecular weight excluding hydrogens is 687 g/mol. The first-order valence-corrected chi connectivity index (χ1v) is 20.1. The van der Waals surface area contributed by atoms with Crippen molar-refractivity contribution in [3.63, 3.8) is 0 Å². The van der Waals surface area contributed by atoms with Crippen molar-refractivity contribution in [2.45, 2.75) is 25.2 Å². The lowest BCUT2D eigenvalue weighted by Gasteiger charge is -2.28. The van der Waals surface area contributed by atoms with Crippen LogP contribution in [-0.2, 0) is 0 Å². The number of hydrogen-bond donors (Lipinski definition) is 0. The van der Waals surface area contributed by atoms with Crippen LogP contribution in [0.5, 0.6) is 0 Å². The Morgan fingerprint density at radius 1 is 0.404 bits per heavy atom. The summed E-state index contributed by atoms with van der Waals surface area (Å²) in [7, 11) is 0. The minimum Gasteiger partial charge on any atom is -0.310 e. The van der Waals surface area contributed by atoms with Crippen molar-refractivity contribution < 1.29 is 0 Å². The second-order valence-corrected chi connectivity index (χ2v) is 15.2. The van der Waals surface area contributed by atoms with E-state index in [4.69, 9.17) is 0 Å². The van der Waals surface area contributed by atoms with E-state index in [1.807, 2.05) is 0 Å². The molecule has 0 amide bonds. The highest BCUT2D eigenvalue weighted by Crippen LogP contribution is 2.44. The van der Waals surface area contributed by atoms with Crippen LogP contribution in [0.3, 0.4) is 0 Å². The van der Waals surface area contributed by atoms with Crippen LogP contribution in [0, 0.1) is 0 Å². The zero-order valence-corrected chi connectivity index (χ0v) is 31.9. The first-order valence-electron chi connectivity index (χ1n) is 20.1. The van der Waals surface area contributed by atoms with Crippen molar-refractivity contribution >= 4 is 44.2 Å². The first kappa shape index (κ1) is 34.5. The molecule has 8 aromatic rings. The summed E-state index contributed by atoms with van der Waals surface area (Å²) in [5.74, 6) is 0.330. The second kappa shape index (κ2) is 15.3. The number of hydrogen-bond acceptors (Lipinski definition) is 1. The smallest absolute Gasteiger partial charge is 0.0468 e. The highest BCUT2D eigenvalue weighted by molar-refractivity contribution is 6.09. The molecule has 2 aliphatic rings. The molecule has 8 aromatic carbocycles. The molecule has 0 aliphatic heterocycles. The summed E-state index contributed by atoms with van der Waals surface area (Å²) in [6.07, 6.45) is 14.8. The van der Waals surface area contributed by atoms with Gasteiger partial charge in [-0.3, -0.25) is 0 Å². The number of fused-ring (bicyclic) bond motifs is 3. The number of rotatable bonds is 8. The molecule has 0 radical (unpaired) electrons. The predicted molar refractivity (Wildman–Crippen MR) is 243 cm³/mol. The van der Waals surface area contributed by atoms with E-state index in [2.05, 4.69) is 223 Å². The van der Waals surface area contributed by atoms with Gasteiger partial charge in [0.2, 0.25) is 0 Å². The van der Waals surface area contributed by atoms with Crippen LogP contribution in [0.1, 0.15) is 36.3 Å². The van der Waals surface area contributed by atoms with E-state index < -0.39 is 0 Å². The van der Waals surface area contributed by atoms with Crippen molar-refractivity contribution in [3.8, 4) is 22.3 Å². The normalized spacial score (nSPS) is 15.2. The zero-order chi connectivity index (χ0) is 38.0. The Balaban J connectivity index is 0.946. The third-order valence-corrected chi connectivity index (χ3v) is 11.8. The SMILES string of the molecule is C1=CCCC(C2=CC=C(c3ccccc3)CC2c2ccc(-c3ccc4c(ccc5cc(N(c6ccccc6)c6ccc(-c7ccccc7)cc6)ccc54)c3)cc2)=C1. The lowest BCUT2D eigenvalue weighted by molar-refractivity contribution is 0.793. The molecule has 0 spiro atoms. The predicted octanol–water partition coefficient (Wildman–Crippen LogP) is 15.6. The minimum absolute atomic E-state index is 0.330. The van der Waals surface area contributed by atoms with Crippen molar-refractivity contribution in [3.05, 3.63) is 241 Å². The standard InChI is InChI=1S/C56H43N/c1-5-13-40(14-6-1)42-27-31-51(32-28-42)57(50-19-11-4-12-20-50)52-33-36-55-49(38-52)26-25-48-37-46(29-35-54(48)55)43-21-23-45(24-22-43)56-39-47(41-15-7-2-8-16-41)30-34-53(56)44-17-9-3-10-18-44/h1-9,11-17,19-38,56H,10,18,39H2. The average molecular weight is 730 g/mol. The number of anilines is 3. The van der Waals surface area contributed by atoms with E-state index in [1.54, 1.807) is 0 Å². The van der Waals surface area contributed by atoms with Gasteiger partial charge in [0.15, 0.2) is 0 Å². The van der Waals surface area contributed by atoms with Gasteiger partial charge in [0.05, 0.1) is 0 Å². The van der Waals surface area contributed by atoms with Gasteiger partial charge in [-0.15, -0.1) is 0 Å². The van der Waals surface area contributed by atoms with E-state index in [0.717, 1.165) is 36.3 Å². The number of allylic oxidation sites excluding steroid dienone is 8. The molecular formula is C56H43N. The third kappa shape index (κ3) is 6.94. The molecule has 0 saturated heterocycles. The Bertz CT molecular complexity index is 2820. The van der Waals surface area contributed by atoms with Gasteiger partial charge in [-0.05, 0) is 133 Å². The molecule has 1 unspecified atom stereocenters. The van der Waals surface area contributed by atoms with Crippen LogP contribution in [-0.4, -0.2) is 0 Å². The van der Waals surface area contributed by atoms with Gasteiger partial charge in [-0.2, -0.15) is 0 Å². The van der Waals surface area contributed by atoms with Crippen molar-refractivity contribution in [1.29, 1.82) is 0 Å². The largest absolute Gasteiger partial charge is 0.310 e. The van der Waals surface area contributed by atoms with Crippen LogP contribution < -0.4 is 4.90 Å². The second-order valence-electron chi connectivity index (χ2n) is 15.2. The maximum absolute atomic E-state index is 2.38. The van der Waals surface area contributed by atoms with E-state index in [9.17, 15) is 0 Å². The van der Waals surface area contributed by atoms with Gasteiger partial charge in [-0.25, -0.2) is 0 Å². The number of nitrogens with zero attached hydrogens (tertiary/aromatic N) is 1. The van der Waals surface area contributed by atoms with Crippen LogP contribution >= 0.6 is 0 Å². The molecule has 1 nitrogen and oxygen atoms in total. The quantitative estimate of drug-likeness (QED) is 0.141. The molecule has 0 fully saturated rings. The first-order chi connectivity index (χ1) is 28.2. The fraction of sp³-hybridized carbons (Fsp3) is 0.0714. The average Bonchev–Trinajstić information content (AvgIpc) is 3.30. The maximum atomic E-state index is 2.38. The van der Waals surface area contributed by atoms with Crippen LogP contribution in [0.25, 0.3) is 49.4 Å². The molecule has 57 heavy (non-hydrogen) atoms. The Hall–Kier alpha value is -6.96. The van der Waals surface area contributed by atoms with Gasteiger partial charge < -0.3 is 4.90 Å². The highest BCUT2D eigenvalue weighted by Gasteiger charge is 2.25. The van der Waals surface area contributed by atoms with Crippen molar-refractivity contribution in [2.75, 3.05) is 4.90 Å². The van der Waals surface area contributed by atoms with Crippen molar-refractivity contribution in [1.82, 2.24) is 0 Å². The molecule has 272 valence electrons. The summed E-state index contributed by atoms with van der Waals surface area (Å²) in [4.78, 5) is 2.35. The van der Waals surface area contributed by atoms with E-state index in [-0.39, 0.29) is 0 Å². The van der Waals surface area contributed by atoms with Gasteiger partial charge in [-0.1, -0.05) is 176 Å². The molecule has 0 saturated carbocycles. The number of para-hydroxylation sites is 1. The molecule has 1 heteroatoms. The topological polar surface area (TPSA) is 3.24 Å². The summed E-state index contributed by atoms with van der Waals surface area (Å²) in [6.45, 7) is 0. The summed E-state index contributed by atoms with van der Waals surface area (Å²) >= 11 is 0. The lowest BCUT2D eigenvalue weighted by Crippen LogP contribution is -2.10. The van der Waals surface area contributed by atoms with E-state index in [1.165, 1.54) is 71.6 Å². The summed E-state index contributed by atoms with van der Waals surface area (Å²) < 4.78 is 0. The summed E-state index contributed by atoms with van der Waals surface area (Å²) in [5, 5.41) is 5.00. The highest BCUT2D eigenvalue weighted by atomic mass is 15.1. The van der Waals surface area contributed by atoms with Crippen LogP contribution in [0.15, 0.2) is 230 Å². The molecule has 0 bridgehead atoms. The molecule has 0 heterocycles. The molecule has 2 aliphatic carbocycles. The molecule has 0 N–H and O–H groups in total. The minimum atomic E-state index is 0.330. The monoisotopic (exact) mass is 729 g/mol. The Kier molecular flexibility index (Phi) is 9.26. The zero-order valence-electron chi connectivity index (χ0n) is 31.9. The Morgan fingerprint density at radius 2 is 0.965 bits per heavy atom. The number of benzene rings is 8. The fourth-order valence-electron chi connectivity index (χ4n) is 8.79. The van der Waals surface area contributed by atoms with Gasteiger partial charge >= 0.3 is 0 Å². The maximum Gasteiger partial charge on any atom is 0.0468 e. The third-order valence-electron chi connectivity index (χ3n) is 11.8. The van der Waals surface area contributed by atoms with Crippen LogP contribution in [0.2, 0.25) is 0 Å². The molecule has 0 aromatic heterocycles. The van der Waals surface area contributed by atoms with Gasteiger partial charge in [0.1, 0.15) is 0 Å². The van der Waals surface area contributed by atoms with E-state index in [0.29, 0.717) is 5.92 Å². The lowest BCUT2D eigenvalue weighted by atomic mass is 9.76. The Morgan fingerprint density at radius 3 is 1.67 bits per heavy atom. The summed E-state index contributed by atoms with van der Waals surface area (Å²) in [6, 6.07) is 68.7. The Labute approximate surface area is 335 Å². The fourth-order valence-corrected chi connectivity index (χ4v) is 8.79. The van der Waals surface area contributed by atoms with Gasteiger partial charge in [0.25, 0.3) is 0 Å².